The highest BCUT2D eigenvalue weighted by Gasteiger charge is 2.33. The number of nitrogens with zero attached hydrogens (tertiary/aromatic N) is 1. The number of hydrogen-bond donors (Lipinski definition) is 0. The molecule has 1 aromatic rings. The zero-order valence-electron chi connectivity index (χ0n) is 15.6. The molecule has 0 aliphatic carbocycles. The van der Waals surface area contributed by atoms with Crippen molar-refractivity contribution in [3.05, 3.63) is 28.6 Å². The molecule has 0 N–H and O–H groups in total. The number of rotatable bonds is 2. The molecule has 0 bridgehead atoms. The Bertz CT molecular complexity index is 521. The van der Waals surface area contributed by atoms with Gasteiger partial charge in [-0.1, -0.05) is 41.5 Å². The third-order valence-electron chi connectivity index (χ3n) is 5.44. The van der Waals surface area contributed by atoms with Gasteiger partial charge in [0.05, 0.1) is 0 Å². The van der Waals surface area contributed by atoms with Crippen molar-refractivity contribution >= 4 is 11.8 Å². The smallest absolute Gasteiger partial charge is 0.0418 e. The minimum absolute atomic E-state index is 0.542. The van der Waals surface area contributed by atoms with Gasteiger partial charge in [0.2, 0.25) is 0 Å². The van der Waals surface area contributed by atoms with Gasteiger partial charge in [-0.3, -0.25) is 4.98 Å². The minimum atomic E-state index is 0.542. The molecule has 2 heterocycles. The lowest BCUT2D eigenvalue weighted by Gasteiger charge is -2.37. The molecule has 1 aliphatic rings. The molecular formula is C20H33NS. The van der Waals surface area contributed by atoms with Gasteiger partial charge in [0.25, 0.3) is 0 Å². The van der Waals surface area contributed by atoms with Crippen LogP contribution in [0.4, 0.5) is 0 Å². The lowest BCUT2D eigenvalue weighted by molar-refractivity contribution is 0.381. The van der Waals surface area contributed by atoms with Crippen LogP contribution in [0.1, 0.15) is 94.4 Å². The summed E-state index contributed by atoms with van der Waals surface area (Å²) in [5, 5.41) is 1.26. The van der Waals surface area contributed by atoms with Gasteiger partial charge in [0.1, 0.15) is 0 Å². The Hall–Kier alpha value is -0.500. The van der Waals surface area contributed by atoms with Crippen LogP contribution in [0, 0.1) is 18.8 Å². The molecule has 2 rings (SSSR count). The Morgan fingerprint density at radius 2 is 1.73 bits per heavy atom. The number of aryl methyl sites for hydroxylation is 1. The highest BCUT2D eigenvalue weighted by atomic mass is 32.2. The van der Waals surface area contributed by atoms with Crippen LogP contribution in [0.3, 0.4) is 0 Å². The van der Waals surface area contributed by atoms with Crippen LogP contribution >= 0.6 is 11.8 Å². The molecule has 1 nitrogen and oxygen atoms in total. The zero-order chi connectivity index (χ0) is 16.6. The van der Waals surface area contributed by atoms with Crippen LogP contribution in [-0.4, -0.2) is 10.2 Å². The zero-order valence-corrected chi connectivity index (χ0v) is 16.4. The summed E-state index contributed by atoms with van der Waals surface area (Å²) in [6, 6.07) is 0. The normalized spacial score (nSPS) is 29.4. The SMILES string of the molecule is Cc1ncc(C(C)C)c2c1[C@@H](C)S[C@@H](C)[C@@H](C)CC2C(C)C. The first-order chi connectivity index (χ1) is 10.2. The van der Waals surface area contributed by atoms with Crippen molar-refractivity contribution in [1.82, 2.24) is 4.98 Å². The maximum atomic E-state index is 4.76. The van der Waals surface area contributed by atoms with Crippen molar-refractivity contribution in [2.24, 2.45) is 11.8 Å². The number of pyridine rings is 1. The molecule has 124 valence electrons. The monoisotopic (exact) mass is 319 g/mol. The molecule has 0 spiro atoms. The van der Waals surface area contributed by atoms with Crippen LogP contribution in [-0.2, 0) is 0 Å². The fourth-order valence-electron chi connectivity index (χ4n) is 3.88. The second-order valence-corrected chi connectivity index (χ2v) is 9.55. The van der Waals surface area contributed by atoms with Gasteiger partial charge in [0, 0.05) is 22.4 Å². The van der Waals surface area contributed by atoms with Crippen LogP contribution in [0.5, 0.6) is 0 Å². The van der Waals surface area contributed by atoms with Gasteiger partial charge < -0.3 is 0 Å². The lowest BCUT2D eigenvalue weighted by atomic mass is 9.75. The lowest BCUT2D eigenvalue weighted by Crippen LogP contribution is -2.24. The van der Waals surface area contributed by atoms with E-state index in [-0.39, 0.29) is 0 Å². The third-order valence-corrected chi connectivity index (χ3v) is 6.98. The van der Waals surface area contributed by atoms with Crippen molar-refractivity contribution in [2.45, 2.75) is 84.1 Å². The first-order valence-electron chi connectivity index (χ1n) is 8.88. The molecule has 4 atom stereocenters. The first kappa shape index (κ1) is 17.8. The van der Waals surface area contributed by atoms with E-state index in [9.17, 15) is 0 Å². The summed E-state index contributed by atoms with van der Waals surface area (Å²) in [5.41, 5.74) is 5.89. The Labute approximate surface area is 141 Å². The van der Waals surface area contributed by atoms with Gasteiger partial charge in [0.15, 0.2) is 0 Å². The molecule has 0 fully saturated rings. The summed E-state index contributed by atoms with van der Waals surface area (Å²) in [6.45, 7) is 18.8. The van der Waals surface area contributed by atoms with E-state index in [0.29, 0.717) is 28.3 Å². The average Bonchev–Trinajstić information content (AvgIpc) is 2.41. The van der Waals surface area contributed by atoms with E-state index in [1.165, 1.54) is 23.2 Å². The summed E-state index contributed by atoms with van der Waals surface area (Å²) in [5.74, 6) is 2.66. The van der Waals surface area contributed by atoms with E-state index in [1.807, 2.05) is 0 Å². The molecule has 0 aromatic carbocycles. The predicted octanol–water partition coefficient (Wildman–Crippen LogP) is 6.48. The number of aromatic nitrogens is 1. The number of thioether (sulfide) groups is 1. The summed E-state index contributed by atoms with van der Waals surface area (Å²) in [4.78, 5) is 4.76. The highest BCUT2D eigenvalue weighted by Crippen LogP contribution is 2.48. The van der Waals surface area contributed by atoms with Gasteiger partial charge >= 0.3 is 0 Å². The fraction of sp³-hybridized carbons (Fsp3) is 0.750. The average molecular weight is 320 g/mol. The quantitative estimate of drug-likeness (QED) is 0.619. The standard InChI is InChI=1S/C20H33NS/c1-11(2)17-9-13(5)15(7)22-16(8)19-14(6)21-10-18(12(3)4)20(17)19/h10-13,15-17H,9H2,1-8H3/t13-,15-,16+,17?/m0/s1. The van der Waals surface area contributed by atoms with Crippen molar-refractivity contribution in [1.29, 1.82) is 0 Å². The van der Waals surface area contributed by atoms with E-state index in [1.54, 1.807) is 5.56 Å². The Morgan fingerprint density at radius 1 is 1.09 bits per heavy atom. The maximum absolute atomic E-state index is 4.76. The number of fused-ring (bicyclic) bond motifs is 1. The van der Waals surface area contributed by atoms with Gasteiger partial charge in [-0.25, -0.2) is 0 Å². The minimum Gasteiger partial charge on any atom is -0.261 e. The molecular weight excluding hydrogens is 286 g/mol. The Balaban J connectivity index is 2.70. The number of hydrogen-bond acceptors (Lipinski definition) is 2. The van der Waals surface area contributed by atoms with E-state index < -0.39 is 0 Å². The molecule has 1 aliphatic heterocycles. The van der Waals surface area contributed by atoms with Crippen molar-refractivity contribution in [2.75, 3.05) is 0 Å². The molecule has 22 heavy (non-hydrogen) atoms. The maximum Gasteiger partial charge on any atom is 0.0418 e. The van der Waals surface area contributed by atoms with E-state index >= 15 is 0 Å². The molecule has 0 saturated carbocycles. The molecule has 0 saturated heterocycles. The van der Waals surface area contributed by atoms with Crippen molar-refractivity contribution in [3.8, 4) is 0 Å². The molecule has 1 aromatic heterocycles. The van der Waals surface area contributed by atoms with Gasteiger partial charge in [-0.2, -0.15) is 11.8 Å². The van der Waals surface area contributed by atoms with Crippen molar-refractivity contribution < 1.29 is 0 Å². The van der Waals surface area contributed by atoms with Crippen LogP contribution in [0.25, 0.3) is 0 Å². The topological polar surface area (TPSA) is 12.9 Å². The Morgan fingerprint density at radius 3 is 2.27 bits per heavy atom. The molecule has 0 radical (unpaired) electrons. The predicted molar refractivity (Wildman–Crippen MR) is 99.9 cm³/mol. The summed E-state index contributed by atoms with van der Waals surface area (Å²) in [7, 11) is 0. The van der Waals surface area contributed by atoms with Crippen LogP contribution < -0.4 is 0 Å². The fourth-order valence-corrected chi connectivity index (χ4v) is 5.34. The van der Waals surface area contributed by atoms with Crippen LogP contribution in [0.15, 0.2) is 6.20 Å². The van der Waals surface area contributed by atoms with E-state index in [2.05, 4.69) is 73.3 Å². The molecule has 1 unspecified atom stereocenters. The van der Waals surface area contributed by atoms with E-state index in [0.717, 1.165) is 5.92 Å². The summed E-state index contributed by atoms with van der Waals surface area (Å²) < 4.78 is 0. The first-order valence-corrected chi connectivity index (χ1v) is 9.83. The van der Waals surface area contributed by atoms with E-state index in [4.69, 9.17) is 4.98 Å². The second kappa shape index (κ2) is 6.95. The second-order valence-electron chi connectivity index (χ2n) is 7.83. The van der Waals surface area contributed by atoms with Gasteiger partial charge in [-0.05, 0) is 60.6 Å². The van der Waals surface area contributed by atoms with Crippen molar-refractivity contribution in [3.63, 3.8) is 0 Å². The van der Waals surface area contributed by atoms with Gasteiger partial charge in [-0.15, -0.1) is 0 Å². The van der Waals surface area contributed by atoms with Crippen LogP contribution in [0.2, 0.25) is 0 Å². The molecule has 2 heteroatoms. The highest BCUT2D eigenvalue weighted by molar-refractivity contribution is 8.00. The largest absolute Gasteiger partial charge is 0.261 e. The summed E-state index contributed by atoms with van der Waals surface area (Å²) in [6.07, 6.45) is 3.45. The Kier molecular flexibility index (Phi) is 5.63. The third kappa shape index (κ3) is 3.37. The molecule has 0 amide bonds. The summed E-state index contributed by atoms with van der Waals surface area (Å²) >= 11 is 2.13.